The molecule has 1 amide bonds. The summed E-state index contributed by atoms with van der Waals surface area (Å²) >= 11 is 3.58. The number of halogens is 1. The largest absolute Gasteiger partial charge is 0.336 e. The van der Waals surface area contributed by atoms with Crippen molar-refractivity contribution in [2.75, 3.05) is 33.2 Å². The molecule has 0 aliphatic carbocycles. The first kappa shape index (κ1) is 15.3. The molecule has 0 unspecified atom stereocenters. The summed E-state index contributed by atoms with van der Waals surface area (Å²) in [5.41, 5.74) is 2.93. The Balaban J connectivity index is 1.85. The number of hydrogen-bond donors (Lipinski definition) is 0. The Morgan fingerprint density at radius 1 is 1.00 bits per heavy atom. The smallest absolute Gasteiger partial charge is 0.253 e. The summed E-state index contributed by atoms with van der Waals surface area (Å²) in [5, 5.41) is 0. The number of hydrogen-bond acceptors (Lipinski definition) is 2. The van der Waals surface area contributed by atoms with Gasteiger partial charge >= 0.3 is 0 Å². The van der Waals surface area contributed by atoms with Crippen LogP contribution in [-0.4, -0.2) is 48.9 Å². The van der Waals surface area contributed by atoms with Gasteiger partial charge in [-0.25, -0.2) is 0 Å². The topological polar surface area (TPSA) is 23.6 Å². The zero-order valence-corrected chi connectivity index (χ0v) is 14.2. The molecule has 4 heteroatoms. The van der Waals surface area contributed by atoms with Crippen LogP contribution in [0.2, 0.25) is 0 Å². The van der Waals surface area contributed by atoms with E-state index >= 15 is 0 Å². The lowest BCUT2D eigenvalue weighted by Crippen LogP contribution is -2.47. The molecule has 22 heavy (non-hydrogen) atoms. The molecular formula is C18H19BrN2O. The SMILES string of the molecule is CN1CCN(C(=O)c2cccc(-c3ccccc3Br)c2)CC1. The van der Waals surface area contributed by atoms with Crippen molar-refractivity contribution in [1.29, 1.82) is 0 Å². The van der Waals surface area contributed by atoms with Crippen molar-refractivity contribution in [2.24, 2.45) is 0 Å². The van der Waals surface area contributed by atoms with Crippen molar-refractivity contribution < 1.29 is 4.79 Å². The van der Waals surface area contributed by atoms with Gasteiger partial charge < -0.3 is 9.80 Å². The van der Waals surface area contributed by atoms with E-state index in [1.54, 1.807) is 0 Å². The second kappa shape index (κ2) is 6.63. The van der Waals surface area contributed by atoms with E-state index in [1.165, 1.54) is 0 Å². The number of likely N-dealkylation sites (N-methyl/N-ethyl adjacent to an activating group) is 1. The summed E-state index contributed by atoms with van der Waals surface area (Å²) in [4.78, 5) is 16.9. The summed E-state index contributed by atoms with van der Waals surface area (Å²) in [6.07, 6.45) is 0. The first-order valence-electron chi connectivity index (χ1n) is 7.48. The fourth-order valence-electron chi connectivity index (χ4n) is 2.71. The van der Waals surface area contributed by atoms with Crippen molar-refractivity contribution in [3.63, 3.8) is 0 Å². The molecule has 0 N–H and O–H groups in total. The van der Waals surface area contributed by atoms with E-state index in [0.29, 0.717) is 0 Å². The summed E-state index contributed by atoms with van der Waals surface area (Å²) < 4.78 is 1.04. The maximum atomic E-state index is 12.7. The quantitative estimate of drug-likeness (QED) is 0.820. The van der Waals surface area contributed by atoms with Gasteiger partial charge in [-0.2, -0.15) is 0 Å². The van der Waals surface area contributed by atoms with Gasteiger partial charge in [0.05, 0.1) is 0 Å². The van der Waals surface area contributed by atoms with Crippen molar-refractivity contribution in [1.82, 2.24) is 9.80 Å². The maximum Gasteiger partial charge on any atom is 0.253 e. The molecule has 0 radical (unpaired) electrons. The lowest BCUT2D eigenvalue weighted by molar-refractivity contribution is 0.0664. The third-order valence-corrected chi connectivity index (χ3v) is 4.78. The minimum Gasteiger partial charge on any atom is -0.336 e. The zero-order chi connectivity index (χ0) is 15.5. The van der Waals surface area contributed by atoms with Gasteiger partial charge in [0.1, 0.15) is 0 Å². The molecule has 1 fully saturated rings. The Morgan fingerprint density at radius 2 is 1.73 bits per heavy atom. The third kappa shape index (κ3) is 3.23. The first-order valence-corrected chi connectivity index (χ1v) is 8.27. The Morgan fingerprint density at radius 3 is 2.45 bits per heavy atom. The van der Waals surface area contributed by atoms with Crippen LogP contribution in [0.5, 0.6) is 0 Å². The van der Waals surface area contributed by atoms with Gasteiger partial charge in [-0.1, -0.05) is 46.3 Å². The fourth-order valence-corrected chi connectivity index (χ4v) is 3.22. The van der Waals surface area contributed by atoms with Crippen molar-refractivity contribution >= 4 is 21.8 Å². The number of carbonyl (C=O) groups is 1. The number of piperazine rings is 1. The fraction of sp³-hybridized carbons (Fsp3) is 0.278. The van der Waals surface area contributed by atoms with Gasteiger partial charge in [0, 0.05) is 36.2 Å². The lowest BCUT2D eigenvalue weighted by Gasteiger charge is -2.32. The maximum absolute atomic E-state index is 12.7. The third-order valence-electron chi connectivity index (χ3n) is 4.08. The Bertz CT molecular complexity index is 678. The molecule has 0 spiro atoms. The highest BCUT2D eigenvalue weighted by Gasteiger charge is 2.20. The Hall–Kier alpha value is -1.65. The van der Waals surface area contributed by atoms with E-state index in [-0.39, 0.29) is 5.91 Å². The molecule has 1 heterocycles. The van der Waals surface area contributed by atoms with E-state index in [4.69, 9.17) is 0 Å². The Kier molecular flexibility index (Phi) is 4.60. The van der Waals surface area contributed by atoms with Gasteiger partial charge in [0.15, 0.2) is 0 Å². The highest BCUT2D eigenvalue weighted by atomic mass is 79.9. The van der Waals surface area contributed by atoms with Gasteiger partial charge in [0.25, 0.3) is 5.91 Å². The van der Waals surface area contributed by atoms with Gasteiger partial charge in [-0.15, -0.1) is 0 Å². The average Bonchev–Trinajstić information content (AvgIpc) is 2.55. The van der Waals surface area contributed by atoms with Crippen LogP contribution in [0.25, 0.3) is 11.1 Å². The van der Waals surface area contributed by atoms with Crippen LogP contribution >= 0.6 is 15.9 Å². The summed E-state index contributed by atoms with van der Waals surface area (Å²) in [5.74, 6) is 0.127. The predicted octanol–water partition coefficient (Wildman–Crippen LogP) is 3.50. The van der Waals surface area contributed by atoms with E-state index in [1.807, 2.05) is 47.4 Å². The second-order valence-electron chi connectivity index (χ2n) is 5.66. The molecule has 114 valence electrons. The number of carbonyl (C=O) groups excluding carboxylic acids is 1. The van der Waals surface area contributed by atoms with Gasteiger partial charge in [-0.3, -0.25) is 4.79 Å². The van der Waals surface area contributed by atoms with Crippen molar-refractivity contribution in [3.8, 4) is 11.1 Å². The number of rotatable bonds is 2. The molecule has 0 atom stereocenters. The average molecular weight is 359 g/mol. The molecule has 3 rings (SSSR count). The van der Waals surface area contributed by atoms with E-state index in [2.05, 4.69) is 33.9 Å². The zero-order valence-electron chi connectivity index (χ0n) is 12.6. The van der Waals surface area contributed by atoms with Crippen LogP contribution in [0, 0.1) is 0 Å². The molecule has 0 aromatic heterocycles. The van der Waals surface area contributed by atoms with E-state index in [9.17, 15) is 4.79 Å². The van der Waals surface area contributed by atoms with Gasteiger partial charge in [-0.05, 0) is 36.4 Å². The minimum atomic E-state index is 0.127. The van der Waals surface area contributed by atoms with Crippen LogP contribution in [-0.2, 0) is 0 Å². The normalized spacial score (nSPS) is 15.8. The molecule has 3 nitrogen and oxygen atoms in total. The van der Waals surface area contributed by atoms with E-state index < -0.39 is 0 Å². The summed E-state index contributed by atoms with van der Waals surface area (Å²) in [6.45, 7) is 3.48. The molecule has 2 aromatic rings. The summed E-state index contributed by atoms with van der Waals surface area (Å²) in [7, 11) is 2.09. The molecule has 0 bridgehead atoms. The summed E-state index contributed by atoms with van der Waals surface area (Å²) in [6, 6.07) is 16.0. The molecule has 0 saturated carbocycles. The molecule has 1 saturated heterocycles. The van der Waals surface area contributed by atoms with E-state index in [0.717, 1.165) is 47.3 Å². The number of amides is 1. The minimum absolute atomic E-state index is 0.127. The highest BCUT2D eigenvalue weighted by molar-refractivity contribution is 9.10. The van der Waals surface area contributed by atoms with Gasteiger partial charge in [0.2, 0.25) is 0 Å². The van der Waals surface area contributed by atoms with Crippen molar-refractivity contribution in [3.05, 3.63) is 58.6 Å². The highest BCUT2D eigenvalue weighted by Crippen LogP contribution is 2.28. The second-order valence-corrected chi connectivity index (χ2v) is 6.51. The number of nitrogens with zero attached hydrogens (tertiary/aromatic N) is 2. The molecular weight excluding hydrogens is 340 g/mol. The molecule has 1 aliphatic rings. The Labute approximate surface area is 139 Å². The van der Waals surface area contributed by atoms with Crippen LogP contribution in [0.4, 0.5) is 0 Å². The van der Waals surface area contributed by atoms with Crippen LogP contribution in [0.3, 0.4) is 0 Å². The van der Waals surface area contributed by atoms with Crippen molar-refractivity contribution in [2.45, 2.75) is 0 Å². The van der Waals surface area contributed by atoms with Crippen LogP contribution in [0.15, 0.2) is 53.0 Å². The standard InChI is InChI=1S/C18H19BrN2O/c1-20-9-11-21(12-10-20)18(22)15-6-4-5-14(13-15)16-7-2-3-8-17(16)19/h2-8,13H,9-12H2,1H3. The predicted molar refractivity (Wildman–Crippen MR) is 93.0 cm³/mol. The monoisotopic (exact) mass is 358 g/mol. The molecule has 1 aliphatic heterocycles. The van der Waals surface area contributed by atoms with Crippen LogP contribution < -0.4 is 0 Å². The van der Waals surface area contributed by atoms with Crippen LogP contribution in [0.1, 0.15) is 10.4 Å². The lowest BCUT2D eigenvalue weighted by atomic mass is 10.0. The number of benzene rings is 2. The first-order chi connectivity index (χ1) is 10.6. The molecule has 2 aromatic carbocycles.